The molecule has 1 unspecified atom stereocenters. The van der Waals surface area contributed by atoms with E-state index in [1.165, 1.54) is 54.9 Å². The molecule has 1 fully saturated rings. The Hall–Kier alpha value is -2.68. The van der Waals surface area contributed by atoms with Crippen LogP contribution < -0.4 is 0 Å². The number of ether oxygens (including phenoxy) is 1. The Kier molecular flexibility index (Phi) is 17.3. The molecule has 49 heavy (non-hydrogen) atoms. The molecule has 1 saturated heterocycles. The van der Waals surface area contributed by atoms with Crippen LogP contribution in [0.3, 0.4) is 0 Å². The summed E-state index contributed by atoms with van der Waals surface area (Å²) in [6.45, 7) is 8.21. The fraction of sp³-hybridized carbons (Fsp3) is 0.585. The number of carbonyl (C=O) groups excluding carboxylic acids is 1. The number of hydrogen-bond donors (Lipinski definition) is 2. The average Bonchev–Trinajstić information content (AvgIpc) is 3.43. The van der Waals surface area contributed by atoms with Gasteiger partial charge in [0, 0.05) is 11.1 Å². The van der Waals surface area contributed by atoms with Crippen LogP contribution in [0.1, 0.15) is 122 Å². The van der Waals surface area contributed by atoms with Gasteiger partial charge in [0.2, 0.25) is 5.91 Å². The van der Waals surface area contributed by atoms with E-state index >= 15 is 0 Å². The molecule has 3 rings (SSSR count). The van der Waals surface area contributed by atoms with Crippen molar-refractivity contribution >= 4 is 41.0 Å². The molecule has 2 aromatic carbocycles. The van der Waals surface area contributed by atoms with Crippen molar-refractivity contribution in [2.24, 2.45) is 11.8 Å². The van der Waals surface area contributed by atoms with Crippen molar-refractivity contribution < 1.29 is 24.5 Å². The van der Waals surface area contributed by atoms with Crippen molar-refractivity contribution in [1.82, 2.24) is 4.90 Å². The number of amides is 1. The van der Waals surface area contributed by atoms with Gasteiger partial charge >= 0.3 is 5.97 Å². The molecule has 0 aromatic heterocycles. The number of carboxylic acids is 1. The minimum atomic E-state index is -2.29. The standard InChI is InChI=1S/C41H59NO5S2/c1-5-7-9-13-22-30-49-31-23-14-11-10-12-21-28-35(40(46,38(44)45)29-8-6-2)37(43)42-36(32(3)4)41(47-39(42)48,33-24-17-15-18-25-33)34-26-19-16-20-27-34/h15-21,24-28,32,35-36,46H,5-14,22-23,29-31H2,1-4H3,(H,44,45)/t35-,36?,40+/m1/s1. The average molecular weight is 710 g/mol. The maximum Gasteiger partial charge on any atom is 0.336 e. The number of carboxylic acid groups (broad SMARTS) is 1. The molecule has 0 radical (unpaired) electrons. The molecule has 1 aliphatic heterocycles. The van der Waals surface area contributed by atoms with E-state index in [0.29, 0.717) is 19.3 Å². The summed E-state index contributed by atoms with van der Waals surface area (Å²) in [7, 11) is 0. The van der Waals surface area contributed by atoms with Crippen LogP contribution in [0.4, 0.5) is 0 Å². The highest BCUT2D eigenvalue weighted by Crippen LogP contribution is 2.48. The van der Waals surface area contributed by atoms with Gasteiger partial charge in [-0.2, -0.15) is 11.8 Å². The molecule has 3 atom stereocenters. The van der Waals surface area contributed by atoms with Crippen molar-refractivity contribution in [3.63, 3.8) is 0 Å². The third-order valence-electron chi connectivity index (χ3n) is 9.61. The zero-order chi connectivity index (χ0) is 35.7. The quantitative estimate of drug-likeness (QED) is 0.0675. The lowest BCUT2D eigenvalue weighted by Gasteiger charge is -2.39. The molecule has 6 nitrogen and oxygen atoms in total. The number of unbranched alkanes of at least 4 members (excludes halogenated alkanes) is 9. The fourth-order valence-electron chi connectivity index (χ4n) is 6.93. The predicted molar refractivity (Wildman–Crippen MR) is 207 cm³/mol. The van der Waals surface area contributed by atoms with Crippen LogP contribution in [0.5, 0.6) is 0 Å². The Labute approximate surface area is 305 Å². The Morgan fingerprint density at radius 2 is 1.41 bits per heavy atom. The minimum absolute atomic E-state index is 0.0168. The molecule has 1 heterocycles. The van der Waals surface area contributed by atoms with Crippen molar-refractivity contribution in [1.29, 1.82) is 0 Å². The number of nitrogens with zero attached hydrogens (tertiary/aromatic N) is 1. The van der Waals surface area contributed by atoms with E-state index in [0.717, 1.165) is 30.4 Å². The van der Waals surface area contributed by atoms with Gasteiger partial charge in [0.25, 0.3) is 5.17 Å². The molecule has 270 valence electrons. The molecule has 0 bridgehead atoms. The van der Waals surface area contributed by atoms with Crippen LogP contribution in [0.2, 0.25) is 0 Å². The van der Waals surface area contributed by atoms with Crippen molar-refractivity contribution in [2.75, 3.05) is 11.5 Å². The second-order valence-electron chi connectivity index (χ2n) is 13.7. The van der Waals surface area contributed by atoms with Gasteiger partial charge in [0.05, 0.1) is 12.0 Å². The van der Waals surface area contributed by atoms with Gasteiger partial charge in [-0.15, -0.1) is 0 Å². The summed E-state index contributed by atoms with van der Waals surface area (Å²) in [6.07, 6.45) is 16.2. The number of thioether (sulfide) groups is 1. The highest BCUT2D eigenvalue weighted by Gasteiger charge is 2.60. The number of aliphatic hydroxyl groups is 1. The van der Waals surface area contributed by atoms with Gasteiger partial charge in [0.15, 0.2) is 11.2 Å². The first-order valence-electron chi connectivity index (χ1n) is 18.5. The fourth-order valence-corrected chi connectivity index (χ4v) is 8.29. The Morgan fingerprint density at radius 3 is 1.92 bits per heavy atom. The molecule has 8 heteroatoms. The van der Waals surface area contributed by atoms with Gasteiger partial charge in [-0.3, -0.25) is 9.69 Å². The highest BCUT2D eigenvalue weighted by atomic mass is 32.2. The zero-order valence-electron chi connectivity index (χ0n) is 30.1. The molecule has 1 amide bonds. The van der Waals surface area contributed by atoms with Crippen LogP contribution in [0.15, 0.2) is 72.8 Å². The third kappa shape index (κ3) is 10.7. The number of rotatable bonds is 23. The predicted octanol–water partition coefficient (Wildman–Crippen LogP) is 9.93. The van der Waals surface area contributed by atoms with Gasteiger partial charge in [0.1, 0.15) is 0 Å². The van der Waals surface area contributed by atoms with E-state index in [2.05, 4.69) is 6.92 Å². The van der Waals surface area contributed by atoms with E-state index in [4.69, 9.17) is 17.0 Å². The van der Waals surface area contributed by atoms with E-state index < -0.39 is 35.0 Å². The molecule has 2 N–H and O–H groups in total. The maximum atomic E-state index is 14.8. The number of benzene rings is 2. The molecule has 1 aliphatic rings. The van der Waals surface area contributed by atoms with Crippen LogP contribution >= 0.6 is 24.0 Å². The number of allylic oxidation sites excluding steroid dienone is 1. The normalized spacial score (nSPS) is 17.7. The summed E-state index contributed by atoms with van der Waals surface area (Å²) in [6, 6.07) is 18.9. The molecule has 0 aliphatic carbocycles. The lowest BCUT2D eigenvalue weighted by atomic mass is 9.75. The first kappa shape index (κ1) is 40.7. The highest BCUT2D eigenvalue weighted by molar-refractivity contribution is 7.99. The van der Waals surface area contributed by atoms with Crippen LogP contribution in [0.25, 0.3) is 0 Å². The van der Waals surface area contributed by atoms with Crippen molar-refractivity contribution in [3.05, 3.63) is 83.9 Å². The second kappa shape index (κ2) is 20.9. The first-order valence-corrected chi connectivity index (χ1v) is 20.1. The first-order chi connectivity index (χ1) is 23.6. The van der Waals surface area contributed by atoms with E-state index in [1.54, 1.807) is 6.08 Å². The molecule has 0 saturated carbocycles. The maximum absolute atomic E-state index is 14.8. The Bertz CT molecular complexity index is 1280. The van der Waals surface area contributed by atoms with Gasteiger partial charge in [-0.25, -0.2) is 4.79 Å². The minimum Gasteiger partial charge on any atom is -0.479 e. The molecular formula is C41H59NO5S2. The zero-order valence-corrected chi connectivity index (χ0v) is 31.8. The summed E-state index contributed by atoms with van der Waals surface area (Å²) in [4.78, 5) is 29.0. The molecular weight excluding hydrogens is 651 g/mol. The third-order valence-corrected chi connectivity index (χ3v) is 11.0. The number of carbonyl (C=O) groups is 2. The number of thiocarbonyl (C=S) groups is 1. The SMILES string of the molecule is CCCCCCCSCCCCCCC=C[C@H](C(=O)N1C(=S)OC(c2ccccc2)(c2ccccc2)C1C(C)C)[C@@](O)(CCCC)C(=O)O. The summed E-state index contributed by atoms with van der Waals surface area (Å²) >= 11 is 7.88. The Balaban J connectivity index is 1.82. The summed E-state index contributed by atoms with van der Waals surface area (Å²) in [5.74, 6) is -1.01. The monoisotopic (exact) mass is 709 g/mol. The Morgan fingerprint density at radius 1 is 0.878 bits per heavy atom. The van der Waals surface area contributed by atoms with Gasteiger partial charge < -0.3 is 14.9 Å². The molecule has 0 spiro atoms. The van der Waals surface area contributed by atoms with Crippen molar-refractivity contribution in [2.45, 2.75) is 128 Å². The summed E-state index contributed by atoms with van der Waals surface area (Å²) < 4.78 is 6.64. The largest absolute Gasteiger partial charge is 0.479 e. The van der Waals surface area contributed by atoms with Gasteiger partial charge in [-0.1, -0.05) is 152 Å². The van der Waals surface area contributed by atoms with E-state index in [9.17, 15) is 19.8 Å². The van der Waals surface area contributed by atoms with Crippen LogP contribution in [-0.4, -0.2) is 55.3 Å². The number of aliphatic carboxylic acids is 1. The lowest BCUT2D eigenvalue weighted by Crippen LogP contribution is -2.56. The van der Waals surface area contributed by atoms with Crippen molar-refractivity contribution in [3.8, 4) is 0 Å². The topological polar surface area (TPSA) is 87.1 Å². The van der Waals surface area contributed by atoms with Crippen LogP contribution in [-0.2, 0) is 19.9 Å². The smallest absolute Gasteiger partial charge is 0.336 e. The van der Waals surface area contributed by atoms with E-state index in [1.807, 2.05) is 99.3 Å². The van der Waals surface area contributed by atoms with Gasteiger partial charge in [-0.05, 0) is 61.7 Å². The lowest BCUT2D eigenvalue weighted by molar-refractivity contribution is -0.169. The second-order valence-corrected chi connectivity index (χ2v) is 15.3. The van der Waals surface area contributed by atoms with Crippen LogP contribution in [0, 0.1) is 11.8 Å². The number of hydrogen-bond acceptors (Lipinski definition) is 6. The summed E-state index contributed by atoms with van der Waals surface area (Å²) in [5.41, 5.74) is -1.72. The summed E-state index contributed by atoms with van der Waals surface area (Å²) in [5, 5.41) is 22.2. The van der Waals surface area contributed by atoms with E-state index in [-0.39, 0.29) is 17.5 Å². The molecule has 2 aromatic rings.